The second-order valence-corrected chi connectivity index (χ2v) is 7.00. The zero-order valence-corrected chi connectivity index (χ0v) is 13.6. The van der Waals surface area contributed by atoms with Crippen LogP contribution in [0.5, 0.6) is 0 Å². The van der Waals surface area contributed by atoms with Gasteiger partial charge in [-0.15, -0.1) is 0 Å². The number of carbonyl (C=O) groups is 1. The van der Waals surface area contributed by atoms with E-state index in [2.05, 4.69) is 4.74 Å². The average molecular weight is 340 g/mol. The van der Waals surface area contributed by atoms with Gasteiger partial charge in [-0.1, -0.05) is 23.2 Å². The van der Waals surface area contributed by atoms with Crippen LogP contribution < -0.4 is 0 Å². The number of carbonyl (C=O) groups excluding carboxylic acids is 1. The summed E-state index contributed by atoms with van der Waals surface area (Å²) in [6.45, 7) is 2.91. The Labute approximate surface area is 128 Å². The molecule has 0 saturated heterocycles. The molecule has 0 aliphatic carbocycles. The highest BCUT2D eigenvalue weighted by Crippen LogP contribution is 2.28. The third-order valence-electron chi connectivity index (χ3n) is 2.57. The maximum Gasteiger partial charge on any atom is 0.321 e. The number of sulfonamides is 1. The normalized spacial score (nSPS) is 11.9. The predicted octanol–water partition coefficient (Wildman–Crippen LogP) is 2.57. The van der Waals surface area contributed by atoms with Crippen molar-refractivity contribution in [1.29, 1.82) is 0 Å². The monoisotopic (exact) mass is 339 g/mol. The molecule has 0 radical (unpaired) electrons. The van der Waals surface area contributed by atoms with Gasteiger partial charge in [0.15, 0.2) is 0 Å². The van der Waals surface area contributed by atoms with Crippen LogP contribution in [0.1, 0.15) is 13.8 Å². The summed E-state index contributed by atoms with van der Waals surface area (Å²) in [6, 6.07) is 3.71. The van der Waals surface area contributed by atoms with Crippen molar-refractivity contribution in [3.63, 3.8) is 0 Å². The van der Waals surface area contributed by atoms with Gasteiger partial charge in [0.25, 0.3) is 0 Å². The first-order valence-corrected chi connectivity index (χ1v) is 7.93. The van der Waals surface area contributed by atoms with Gasteiger partial charge in [-0.05, 0) is 32.0 Å². The Bertz CT molecular complexity index is 601. The molecule has 0 atom stereocenters. The van der Waals surface area contributed by atoms with E-state index in [9.17, 15) is 13.2 Å². The quantitative estimate of drug-likeness (QED) is 0.773. The Balaban J connectivity index is 3.30. The number of esters is 1. The molecule has 112 valence electrons. The smallest absolute Gasteiger partial charge is 0.321 e. The van der Waals surface area contributed by atoms with E-state index in [1.807, 2.05) is 0 Å². The van der Waals surface area contributed by atoms with E-state index >= 15 is 0 Å². The summed E-state index contributed by atoms with van der Waals surface area (Å²) >= 11 is 11.7. The highest BCUT2D eigenvalue weighted by atomic mass is 35.5. The highest BCUT2D eigenvalue weighted by molar-refractivity contribution is 7.89. The number of ether oxygens (including phenoxy) is 1. The Morgan fingerprint density at radius 2 is 1.95 bits per heavy atom. The lowest BCUT2D eigenvalue weighted by Gasteiger charge is -2.25. The van der Waals surface area contributed by atoms with Crippen LogP contribution >= 0.6 is 23.2 Å². The van der Waals surface area contributed by atoms with Gasteiger partial charge in [-0.2, -0.15) is 4.31 Å². The number of rotatable bonds is 5. The van der Waals surface area contributed by atoms with Crippen molar-refractivity contribution in [2.75, 3.05) is 13.7 Å². The molecule has 0 amide bonds. The zero-order chi connectivity index (χ0) is 15.5. The van der Waals surface area contributed by atoms with E-state index in [4.69, 9.17) is 23.2 Å². The van der Waals surface area contributed by atoms with Gasteiger partial charge in [0.1, 0.15) is 11.4 Å². The Morgan fingerprint density at radius 1 is 1.35 bits per heavy atom. The first-order chi connectivity index (χ1) is 9.20. The Hall–Kier alpha value is -0.820. The fraction of sp³-hybridized carbons (Fsp3) is 0.417. The third kappa shape index (κ3) is 3.85. The van der Waals surface area contributed by atoms with Gasteiger partial charge < -0.3 is 4.74 Å². The molecule has 0 aliphatic heterocycles. The molecule has 0 bridgehead atoms. The van der Waals surface area contributed by atoms with Crippen LogP contribution in [0.3, 0.4) is 0 Å². The van der Waals surface area contributed by atoms with Crippen molar-refractivity contribution in [2.45, 2.75) is 24.8 Å². The second kappa shape index (κ2) is 6.76. The van der Waals surface area contributed by atoms with Crippen LogP contribution in [0.25, 0.3) is 0 Å². The fourth-order valence-corrected chi connectivity index (χ4v) is 3.86. The zero-order valence-electron chi connectivity index (χ0n) is 11.3. The fourth-order valence-electron chi connectivity index (χ4n) is 1.54. The standard InChI is InChI=1S/C12H15Cl2NO4S/c1-8(2)15(7-12(16)19-3)20(17,18)11-6-9(13)4-5-10(11)14/h4-6,8H,7H2,1-3H3. The molecule has 1 aromatic carbocycles. The number of hydrogen-bond donors (Lipinski definition) is 0. The summed E-state index contributed by atoms with van der Waals surface area (Å²) in [7, 11) is -2.75. The molecule has 1 rings (SSSR count). The topological polar surface area (TPSA) is 63.7 Å². The van der Waals surface area contributed by atoms with Crippen molar-refractivity contribution >= 4 is 39.2 Å². The minimum absolute atomic E-state index is 0.0462. The molecule has 1 aromatic rings. The maximum absolute atomic E-state index is 12.6. The van der Waals surface area contributed by atoms with E-state index in [0.29, 0.717) is 0 Å². The molecule has 0 fully saturated rings. The van der Waals surface area contributed by atoms with Gasteiger partial charge in [0, 0.05) is 11.1 Å². The van der Waals surface area contributed by atoms with Crippen LogP contribution in [0, 0.1) is 0 Å². The molecule has 0 spiro atoms. The maximum atomic E-state index is 12.6. The molecule has 0 saturated carbocycles. The second-order valence-electron chi connectivity index (χ2n) is 4.29. The summed E-state index contributed by atoms with van der Waals surface area (Å²) in [5.74, 6) is -0.652. The van der Waals surface area contributed by atoms with Crippen molar-refractivity contribution in [1.82, 2.24) is 4.31 Å². The van der Waals surface area contributed by atoms with Crippen molar-refractivity contribution < 1.29 is 17.9 Å². The molecular formula is C12H15Cl2NO4S. The lowest BCUT2D eigenvalue weighted by atomic mass is 10.4. The van der Waals surface area contributed by atoms with Gasteiger partial charge in [0.05, 0.1) is 12.1 Å². The molecule has 0 aromatic heterocycles. The van der Waals surface area contributed by atoms with Gasteiger partial charge in [-0.25, -0.2) is 8.42 Å². The Kier molecular flexibility index (Phi) is 5.82. The summed E-state index contributed by atoms with van der Waals surface area (Å²) in [5.41, 5.74) is 0. The average Bonchev–Trinajstić information content (AvgIpc) is 2.37. The highest BCUT2D eigenvalue weighted by Gasteiger charge is 2.31. The molecule has 5 nitrogen and oxygen atoms in total. The van der Waals surface area contributed by atoms with E-state index in [1.165, 1.54) is 25.3 Å². The third-order valence-corrected chi connectivity index (χ3v) is 5.31. The van der Waals surface area contributed by atoms with Crippen molar-refractivity contribution in [3.05, 3.63) is 28.2 Å². The number of hydrogen-bond acceptors (Lipinski definition) is 4. The minimum atomic E-state index is -3.94. The summed E-state index contributed by atoms with van der Waals surface area (Å²) < 4.78 is 30.7. The van der Waals surface area contributed by atoms with Crippen LogP contribution in [0.2, 0.25) is 10.0 Å². The lowest BCUT2D eigenvalue weighted by molar-refractivity contribution is -0.141. The first-order valence-electron chi connectivity index (χ1n) is 5.74. The lowest BCUT2D eigenvalue weighted by Crippen LogP contribution is -2.41. The molecule has 0 N–H and O–H groups in total. The van der Waals surface area contributed by atoms with Crippen LogP contribution in [0.15, 0.2) is 23.1 Å². The van der Waals surface area contributed by atoms with Crippen LogP contribution in [0.4, 0.5) is 0 Å². The summed E-state index contributed by atoms with van der Waals surface area (Å²) in [4.78, 5) is 11.2. The molecule has 0 aliphatic rings. The van der Waals surface area contributed by atoms with Gasteiger partial charge in [-0.3, -0.25) is 4.79 Å². The van der Waals surface area contributed by atoms with E-state index in [0.717, 1.165) is 4.31 Å². The molecule has 0 unspecified atom stereocenters. The Morgan fingerprint density at radius 3 is 2.45 bits per heavy atom. The minimum Gasteiger partial charge on any atom is -0.468 e. The summed E-state index contributed by atoms with van der Waals surface area (Å²) in [6.07, 6.45) is 0. The van der Waals surface area contributed by atoms with E-state index in [1.54, 1.807) is 13.8 Å². The van der Waals surface area contributed by atoms with Crippen molar-refractivity contribution in [3.8, 4) is 0 Å². The molecule has 8 heteroatoms. The van der Waals surface area contributed by atoms with Crippen molar-refractivity contribution in [2.24, 2.45) is 0 Å². The largest absolute Gasteiger partial charge is 0.468 e. The van der Waals surface area contributed by atoms with E-state index < -0.39 is 22.0 Å². The van der Waals surface area contributed by atoms with Gasteiger partial charge in [0.2, 0.25) is 10.0 Å². The summed E-state index contributed by atoms with van der Waals surface area (Å²) in [5, 5.41) is 0.291. The molecule has 20 heavy (non-hydrogen) atoms. The molecule has 0 heterocycles. The SMILES string of the molecule is COC(=O)CN(C(C)C)S(=O)(=O)c1cc(Cl)ccc1Cl. The first kappa shape index (κ1) is 17.2. The number of methoxy groups -OCH3 is 1. The number of halogens is 2. The van der Waals surface area contributed by atoms with E-state index in [-0.39, 0.29) is 21.5 Å². The number of nitrogens with zero attached hydrogens (tertiary/aromatic N) is 1. The van der Waals surface area contributed by atoms with Crippen LogP contribution in [-0.4, -0.2) is 38.4 Å². The molecular weight excluding hydrogens is 325 g/mol. The van der Waals surface area contributed by atoms with Crippen LogP contribution in [-0.2, 0) is 19.6 Å². The van der Waals surface area contributed by atoms with Gasteiger partial charge >= 0.3 is 5.97 Å². The predicted molar refractivity (Wildman–Crippen MR) is 77.5 cm³/mol. The number of benzene rings is 1.